The maximum atomic E-state index is 11.8. The lowest BCUT2D eigenvalue weighted by Gasteiger charge is -2.29. The quantitative estimate of drug-likeness (QED) is 0.650. The number of piperidine rings is 1. The van der Waals surface area contributed by atoms with Gasteiger partial charge in [-0.05, 0) is 37.2 Å². The number of nitrogens with one attached hydrogen (secondary N) is 1. The summed E-state index contributed by atoms with van der Waals surface area (Å²) in [7, 11) is 1.75. The number of carbonyl (C=O) groups excluding carboxylic acids is 3. The molecule has 0 spiro atoms. The summed E-state index contributed by atoms with van der Waals surface area (Å²) in [6, 6.07) is 4.08. The highest BCUT2D eigenvalue weighted by Gasteiger charge is 2.29. The van der Waals surface area contributed by atoms with Crippen LogP contribution in [0.4, 0.5) is 0 Å². The summed E-state index contributed by atoms with van der Waals surface area (Å²) < 4.78 is 0. The van der Waals surface area contributed by atoms with Crippen molar-refractivity contribution < 1.29 is 19.5 Å². The predicted octanol–water partition coefficient (Wildman–Crippen LogP) is 1.47. The van der Waals surface area contributed by atoms with Crippen LogP contribution in [0.5, 0.6) is 5.75 Å². The Hall–Kier alpha value is -2.21. The van der Waals surface area contributed by atoms with Crippen molar-refractivity contribution in [3.8, 4) is 5.75 Å². The molecule has 0 bridgehead atoms. The molecule has 0 aliphatic carbocycles. The third-order valence-electron chi connectivity index (χ3n) is 3.42. The van der Waals surface area contributed by atoms with Crippen LogP contribution in [0, 0.1) is 0 Å². The minimum Gasteiger partial charge on any atom is -0.508 e. The SMILES string of the molecule is CC.CN(Cc1cc(O)ccc1C=O)C1CCC(=O)NC1=O. The van der Waals surface area contributed by atoms with Gasteiger partial charge in [-0.1, -0.05) is 13.8 Å². The first-order valence-corrected chi connectivity index (χ1v) is 7.32. The van der Waals surface area contributed by atoms with Crippen molar-refractivity contribution in [3.63, 3.8) is 0 Å². The van der Waals surface area contributed by atoms with Crippen LogP contribution < -0.4 is 5.32 Å². The average Bonchev–Trinajstić information content (AvgIpc) is 2.49. The predicted molar refractivity (Wildman–Crippen MR) is 82.5 cm³/mol. The molecule has 1 aromatic rings. The van der Waals surface area contributed by atoms with E-state index in [0.29, 0.717) is 36.8 Å². The number of rotatable bonds is 4. The highest BCUT2D eigenvalue weighted by molar-refractivity contribution is 6.00. The van der Waals surface area contributed by atoms with E-state index >= 15 is 0 Å². The van der Waals surface area contributed by atoms with Crippen LogP contribution in [0.25, 0.3) is 0 Å². The fourth-order valence-corrected chi connectivity index (χ4v) is 2.33. The van der Waals surface area contributed by atoms with E-state index in [1.54, 1.807) is 11.9 Å². The van der Waals surface area contributed by atoms with Crippen LogP contribution in [-0.2, 0) is 16.1 Å². The zero-order chi connectivity index (χ0) is 16.7. The van der Waals surface area contributed by atoms with E-state index in [2.05, 4.69) is 5.32 Å². The average molecular weight is 306 g/mol. The highest BCUT2D eigenvalue weighted by Crippen LogP contribution is 2.19. The number of amides is 2. The smallest absolute Gasteiger partial charge is 0.243 e. The Labute approximate surface area is 130 Å². The van der Waals surface area contributed by atoms with Crippen LogP contribution >= 0.6 is 0 Å². The molecule has 120 valence electrons. The molecule has 2 N–H and O–H groups in total. The van der Waals surface area contributed by atoms with E-state index in [1.165, 1.54) is 18.2 Å². The number of imide groups is 1. The first kappa shape index (κ1) is 17.8. The van der Waals surface area contributed by atoms with Crippen molar-refractivity contribution in [3.05, 3.63) is 29.3 Å². The van der Waals surface area contributed by atoms with Gasteiger partial charge in [0, 0.05) is 18.5 Å². The van der Waals surface area contributed by atoms with Crippen molar-refractivity contribution in [1.82, 2.24) is 10.2 Å². The van der Waals surface area contributed by atoms with Crippen LogP contribution in [0.2, 0.25) is 0 Å². The molecule has 22 heavy (non-hydrogen) atoms. The molecule has 1 saturated heterocycles. The number of likely N-dealkylation sites (N-methyl/N-ethyl adjacent to an activating group) is 1. The van der Waals surface area contributed by atoms with Gasteiger partial charge in [0.1, 0.15) is 12.0 Å². The van der Waals surface area contributed by atoms with Gasteiger partial charge in [0.25, 0.3) is 0 Å². The van der Waals surface area contributed by atoms with Crippen molar-refractivity contribution in [2.75, 3.05) is 7.05 Å². The van der Waals surface area contributed by atoms with Crippen LogP contribution in [0.15, 0.2) is 18.2 Å². The number of benzene rings is 1. The fraction of sp³-hybridized carbons (Fsp3) is 0.438. The molecule has 1 heterocycles. The van der Waals surface area contributed by atoms with Gasteiger partial charge in [-0.3, -0.25) is 24.6 Å². The zero-order valence-corrected chi connectivity index (χ0v) is 13.1. The minimum atomic E-state index is -0.408. The number of phenolic OH excluding ortho intramolecular Hbond substituents is 1. The minimum absolute atomic E-state index is 0.0715. The number of hydrogen-bond donors (Lipinski definition) is 2. The van der Waals surface area contributed by atoms with Gasteiger partial charge in [0.15, 0.2) is 0 Å². The Balaban J connectivity index is 0.00000116. The molecule has 1 fully saturated rings. The van der Waals surface area contributed by atoms with E-state index in [4.69, 9.17) is 0 Å². The van der Waals surface area contributed by atoms with Crippen LogP contribution in [0.3, 0.4) is 0 Å². The fourth-order valence-electron chi connectivity index (χ4n) is 2.33. The van der Waals surface area contributed by atoms with Crippen LogP contribution in [-0.4, -0.2) is 41.2 Å². The maximum Gasteiger partial charge on any atom is 0.243 e. The van der Waals surface area contributed by atoms with Crippen molar-refractivity contribution in [2.45, 2.75) is 39.3 Å². The third-order valence-corrected chi connectivity index (χ3v) is 3.42. The third kappa shape index (κ3) is 4.39. The second-order valence-corrected chi connectivity index (χ2v) is 4.88. The molecule has 0 saturated carbocycles. The monoisotopic (exact) mass is 306 g/mol. The Bertz CT molecular complexity index is 557. The van der Waals surface area contributed by atoms with E-state index in [9.17, 15) is 19.5 Å². The number of aldehydes is 1. The number of aromatic hydroxyl groups is 1. The van der Waals surface area contributed by atoms with Gasteiger partial charge in [0.2, 0.25) is 11.8 Å². The first-order valence-electron chi connectivity index (χ1n) is 7.32. The van der Waals surface area contributed by atoms with Gasteiger partial charge in [0.05, 0.1) is 6.04 Å². The molecule has 0 radical (unpaired) electrons. The zero-order valence-electron chi connectivity index (χ0n) is 13.1. The normalized spacial score (nSPS) is 17.5. The van der Waals surface area contributed by atoms with E-state index in [1.807, 2.05) is 13.8 Å². The molecule has 2 amide bonds. The molecule has 6 heteroatoms. The van der Waals surface area contributed by atoms with E-state index in [0.717, 1.165) is 0 Å². The summed E-state index contributed by atoms with van der Waals surface area (Å²) in [5.41, 5.74) is 1.12. The molecule has 0 aromatic heterocycles. The first-order chi connectivity index (χ1) is 10.5. The Morgan fingerprint density at radius 2 is 2.05 bits per heavy atom. The van der Waals surface area contributed by atoms with Gasteiger partial charge < -0.3 is 5.11 Å². The summed E-state index contributed by atoms with van der Waals surface area (Å²) in [5, 5.41) is 11.8. The Morgan fingerprint density at radius 3 is 2.64 bits per heavy atom. The van der Waals surface area contributed by atoms with Gasteiger partial charge in [-0.15, -0.1) is 0 Å². The van der Waals surface area contributed by atoms with Gasteiger partial charge in [-0.25, -0.2) is 0 Å². The molecule has 1 aliphatic heterocycles. The standard InChI is InChI=1S/C14H16N2O4.C2H6/c1-16(12-4-5-13(19)15-14(12)20)7-10-6-11(18)3-2-9(10)8-17;1-2/h2-3,6,8,12,18H,4-5,7H2,1H3,(H,15,19,20);1-2H3. The molecular weight excluding hydrogens is 284 g/mol. The summed E-state index contributed by atoms with van der Waals surface area (Å²) in [4.78, 5) is 35.6. The number of nitrogens with zero attached hydrogens (tertiary/aromatic N) is 1. The second kappa shape index (κ2) is 8.29. The highest BCUT2D eigenvalue weighted by atomic mass is 16.3. The molecule has 1 atom stereocenters. The van der Waals surface area contributed by atoms with E-state index in [-0.39, 0.29) is 17.6 Å². The van der Waals surface area contributed by atoms with Crippen LogP contribution in [0.1, 0.15) is 42.6 Å². The largest absolute Gasteiger partial charge is 0.508 e. The summed E-state index contributed by atoms with van der Waals surface area (Å²) in [6.45, 7) is 4.34. The number of hydrogen-bond acceptors (Lipinski definition) is 5. The van der Waals surface area contributed by atoms with Crippen molar-refractivity contribution >= 4 is 18.1 Å². The Morgan fingerprint density at radius 1 is 1.36 bits per heavy atom. The van der Waals surface area contributed by atoms with Gasteiger partial charge >= 0.3 is 0 Å². The molecule has 2 rings (SSSR count). The van der Waals surface area contributed by atoms with Gasteiger partial charge in [-0.2, -0.15) is 0 Å². The summed E-state index contributed by atoms with van der Waals surface area (Å²) in [6.07, 6.45) is 1.48. The lowest BCUT2D eigenvalue weighted by molar-refractivity contribution is -0.137. The lowest BCUT2D eigenvalue weighted by Crippen LogP contribution is -2.51. The molecule has 1 aliphatic rings. The van der Waals surface area contributed by atoms with E-state index < -0.39 is 6.04 Å². The summed E-state index contributed by atoms with van der Waals surface area (Å²) >= 11 is 0. The molecule has 1 unspecified atom stereocenters. The molecule has 1 aromatic carbocycles. The van der Waals surface area contributed by atoms with Crippen molar-refractivity contribution in [2.24, 2.45) is 0 Å². The Kier molecular flexibility index (Phi) is 6.72. The topological polar surface area (TPSA) is 86.7 Å². The van der Waals surface area contributed by atoms with Crippen molar-refractivity contribution in [1.29, 1.82) is 0 Å². The molecular formula is C16H22N2O4. The summed E-state index contributed by atoms with van der Waals surface area (Å²) in [5.74, 6) is -0.510. The maximum absolute atomic E-state index is 11.8. The number of phenols is 1. The number of carbonyl (C=O) groups is 3. The second-order valence-electron chi connectivity index (χ2n) is 4.88. The molecule has 6 nitrogen and oxygen atoms in total. The lowest BCUT2D eigenvalue weighted by atomic mass is 10.0.